The van der Waals surface area contributed by atoms with Crippen molar-refractivity contribution in [1.82, 2.24) is 4.98 Å². The number of aryl methyl sites for hydroxylation is 1. The first-order valence-corrected chi connectivity index (χ1v) is 7.82. The molecule has 0 saturated carbocycles. The number of carboxylic acids is 1. The molecular formula is C18H22N2O3. The third-order valence-corrected chi connectivity index (χ3v) is 3.34. The zero-order chi connectivity index (χ0) is 16.3. The molecule has 0 amide bonds. The van der Waals surface area contributed by atoms with Gasteiger partial charge in [-0.25, -0.2) is 4.98 Å². The summed E-state index contributed by atoms with van der Waals surface area (Å²) in [6.07, 6.45) is 4.30. The van der Waals surface area contributed by atoms with E-state index in [0.717, 1.165) is 36.5 Å². The summed E-state index contributed by atoms with van der Waals surface area (Å²) in [4.78, 5) is 14.7. The van der Waals surface area contributed by atoms with Gasteiger partial charge in [0.15, 0.2) is 0 Å². The number of ether oxygens (including phenoxy) is 1. The molecule has 2 N–H and O–H groups in total. The predicted molar refractivity (Wildman–Crippen MR) is 89.9 cm³/mol. The van der Waals surface area contributed by atoms with Crippen LogP contribution >= 0.6 is 0 Å². The summed E-state index contributed by atoms with van der Waals surface area (Å²) in [6.45, 7) is 1.45. The molecule has 0 atom stereocenters. The lowest BCUT2D eigenvalue weighted by atomic mass is 10.1. The normalized spacial score (nSPS) is 10.3. The van der Waals surface area contributed by atoms with Crippen molar-refractivity contribution >= 4 is 11.8 Å². The Labute approximate surface area is 136 Å². The smallest absolute Gasteiger partial charge is 0.303 e. The number of hydrogen-bond acceptors (Lipinski definition) is 4. The number of benzene rings is 1. The first-order valence-electron chi connectivity index (χ1n) is 7.82. The second-order valence-electron chi connectivity index (χ2n) is 5.24. The van der Waals surface area contributed by atoms with E-state index in [2.05, 4.69) is 10.3 Å². The molecule has 0 aliphatic heterocycles. The van der Waals surface area contributed by atoms with Crippen LogP contribution in [0.2, 0.25) is 0 Å². The lowest BCUT2D eigenvalue weighted by Gasteiger charge is -2.08. The number of anilines is 1. The fraction of sp³-hybridized carbons (Fsp3) is 0.333. The Bertz CT molecular complexity index is 585. The molecule has 0 unspecified atom stereocenters. The van der Waals surface area contributed by atoms with E-state index in [1.165, 1.54) is 0 Å². The molecule has 0 saturated heterocycles. The van der Waals surface area contributed by atoms with E-state index >= 15 is 0 Å². The average Bonchev–Trinajstić information content (AvgIpc) is 2.56. The monoisotopic (exact) mass is 314 g/mol. The quantitative estimate of drug-likeness (QED) is 0.658. The summed E-state index contributed by atoms with van der Waals surface area (Å²) < 4.78 is 5.69. The van der Waals surface area contributed by atoms with Crippen molar-refractivity contribution in [2.24, 2.45) is 0 Å². The van der Waals surface area contributed by atoms with E-state index in [4.69, 9.17) is 9.84 Å². The lowest BCUT2D eigenvalue weighted by Crippen LogP contribution is -2.08. The van der Waals surface area contributed by atoms with Gasteiger partial charge in [0, 0.05) is 19.2 Å². The van der Waals surface area contributed by atoms with Gasteiger partial charge < -0.3 is 15.2 Å². The molecule has 0 radical (unpaired) electrons. The van der Waals surface area contributed by atoms with E-state index in [0.29, 0.717) is 13.0 Å². The molecular weight excluding hydrogens is 292 g/mol. The number of rotatable bonds is 10. The number of nitrogens with one attached hydrogen (secondary N) is 1. The van der Waals surface area contributed by atoms with Crippen LogP contribution in [-0.4, -0.2) is 29.2 Å². The zero-order valence-corrected chi connectivity index (χ0v) is 13.1. The van der Waals surface area contributed by atoms with Crippen LogP contribution in [-0.2, 0) is 11.2 Å². The van der Waals surface area contributed by atoms with Crippen LogP contribution < -0.4 is 10.1 Å². The molecule has 0 aliphatic rings. The highest BCUT2D eigenvalue weighted by atomic mass is 16.5. The molecule has 0 fully saturated rings. The van der Waals surface area contributed by atoms with Crippen LogP contribution in [0.15, 0.2) is 48.7 Å². The zero-order valence-electron chi connectivity index (χ0n) is 13.1. The SMILES string of the molecule is O=C(O)CCCc1ccc(OCCCNc2ccccn2)cc1. The molecule has 122 valence electrons. The van der Waals surface area contributed by atoms with Crippen molar-refractivity contribution in [1.29, 1.82) is 0 Å². The topological polar surface area (TPSA) is 71.5 Å². The number of nitrogens with zero attached hydrogens (tertiary/aromatic N) is 1. The molecule has 2 rings (SSSR count). The lowest BCUT2D eigenvalue weighted by molar-refractivity contribution is -0.137. The number of aromatic nitrogens is 1. The molecule has 1 heterocycles. The Kier molecular flexibility index (Phi) is 6.91. The second-order valence-corrected chi connectivity index (χ2v) is 5.24. The second kappa shape index (κ2) is 9.46. The molecule has 1 aromatic heterocycles. The fourth-order valence-electron chi connectivity index (χ4n) is 2.14. The number of hydrogen-bond donors (Lipinski definition) is 2. The Morgan fingerprint density at radius 2 is 1.96 bits per heavy atom. The van der Waals surface area contributed by atoms with E-state index in [9.17, 15) is 4.79 Å². The van der Waals surface area contributed by atoms with Crippen molar-refractivity contribution < 1.29 is 14.6 Å². The van der Waals surface area contributed by atoms with Crippen LogP contribution in [0.1, 0.15) is 24.8 Å². The van der Waals surface area contributed by atoms with Gasteiger partial charge in [-0.1, -0.05) is 18.2 Å². The van der Waals surface area contributed by atoms with Gasteiger partial charge in [0.2, 0.25) is 0 Å². The van der Waals surface area contributed by atoms with E-state index < -0.39 is 5.97 Å². The van der Waals surface area contributed by atoms with Gasteiger partial charge in [-0.3, -0.25) is 4.79 Å². The minimum atomic E-state index is -0.746. The number of carbonyl (C=O) groups is 1. The fourth-order valence-corrected chi connectivity index (χ4v) is 2.14. The van der Waals surface area contributed by atoms with Gasteiger partial charge in [-0.2, -0.15) is 0 Å². The van der Waals surface area contributed by atoms with Gasteiger partial charge in [-0.15, -0.1) is 0 Å². The molecule has 23 heavy (non-hydrogen) atoms. The van der Waals surface area contributed by atoms with Crippen LogP contribution in [0, 0.1) is 0 Å². The van der Waals surface area contributed by atoms with Crippen molar-refractivity contribution in [2.45, 2.75) is 25.7 Å². The van der Waals surface area contributed by atoms with Crippen molar-refractivity contribution in [3.8, 4) is 5.75 Å². The van der Waals surface area contributed by atoms with Gasteiger partial charge in [0.05, 0.1) is 6.61 Å². The van der Waals surface area contributed by atoms with Crippen molar-refractivity contribution in [3.63, 3.8) is 0 Å². The van der Waals surface area contributed by atoms with Gasteiger partial charge in [0.1, 0.15) is 11.6 Å². The van der Waals surface area contributed by atoms with Crippen LogP contribution in [0.3, 0.4) is 0 Å². The highest BCUT2D eigenvalue weighted by molar-refractivity contribution is 5.66. The first-order chi connectivity index (χ1) is 11.2. The maximum Gasteiger partial charge on any atom is 0.303 e. The van der Waals surface area contributed by atoms with E-state index in [1.807, 2.05) is 42.5 Å². The first kappa shape index (κ1) is 16.8. The largest absolute Gasteiger partial charge is 0.494 e. The van der Waals surface area contributed by atoms with Crippen LogP contribution in [0.5, 0.6) is 5.75 Å². The molecule has 5 heteroatoms. The summed E-state index contributed by atoms with van der Waals surface area (Å²) in [5.41, 5.74) is 1.13. The number of pyridine rings is 1. The van der Waals surface area contributed by atoms with Crippen molar-refractivity contribution in [2.75, 3.05) is 18.5 Å². The molecule has 0 aliphatic carbocycles. The Hall–Kier alpha value is -2.56. The van der Waals surface area contributed by atoms with Gasteiger partial charge >= 0.3 is 5.97 Å². The van der Waals surface area contributed by atoms with Crippen LogP contribution in [0.4, 0.5) is 5.82 Å². The van der Waals surface area contributed by atoms with Gasteiger partial charge in [-0.05, 0) is 49.1 Å². The highest BCUT2D eigenvalue weighted by Gasteiger charge is 1.99. The van der Waals surface area contributed by atoms with Gasteiger partial charge in [0.25, 0.3) is 0 Å². The summed E-state index contributed by atoms with van der Waals surface area (Å²) in [5, 5.41) is 11.9. The Morgan fingerprint density at radius 3 is 2.65 bits per heavy atom. The number of carboxylic acid groups (broad SMARTS) is 1. The van der Waals surface area contributed by atoms with E-state index in [-0.39, 0.29) is 6.42 Å². The Morgan fingerprint density at radius 1 is 1.13 bits per heavy atom. The Balaban J connectivity index is 1.61. The summed E-state index contributed by atoms with van der Waals surface area (Å²) in [7, 11) is 0. The summed E-state index contributed by atoms with van der Waals surface area (Å²) in [5.74, 6) is 0.965. The molecule has 0 spiro atoms. The summed E-state index contributed by atoms with van der Waals surface area (Å²) in [6, 6.07) is 13.6. The average molecular weight is 314 g/mol. The molecule has 0 bridgehead atoms. The maximum absolute atomic E-state index is 10.5. The minimum absolute atomic E-state index is 0.210. The predicted octanol–water partition coefficient (Wildman–Crippen LogP) is 3.37. The van der Waals surface area contributed by atoms with Crippen molar-refractivity contribution in [3.05, 3.63) is 54.2 Å². The molecule has 5 nitrogen and oxygen atoms in total. The van der Waals surface area contributed by atoms with Crippen LogP contribution in [0.25, 0.3) is 0 Å². The van der Waals surface area contributed by atoms with E-state index in [1.54, 1.807) is 6.20 Å². The highest BCUT2D eigenvalue weighted by Crippen LogP contribution is 2.14. The molecule has 2 aromatic rings. The maximum atomic E-state index is 10.5. The minimum Gasteiger partial charge on any atom is -0.494 e. The third kappa shape index (κ3) is 6.82. The summed E-state index contributed by atoms with van der Waals surface area (Å²) >= 11 is 0. The standard InChI is InChI=1S/C18H22N2O3/c21-18(22)7-3-5-15-8-10-16(11-9-15)23-14-4-13-20-17-6-1-2-12-19-17/h1-2,6,8-12H,3-5,7,13-14H2,(H,19,20)(H,21,22). The molecule has 1 aromatic carbocycles. The third-order valence-electron chi connectivity index (χ3n) is 3.34. The number of aliphatic carboxylic acids is 1.